The first-order valence-electron chi connectivity index (χ1n) is 6.95. The first kappa shape index (κ1) is 17.6. The number of ether oxygens (including phenoxy) is 1. The van der Waals surface area contributed by atoms with Gasteiger partial charge in [-0.3, -0.25) is 4.79 Å². The van der Waals surface area contributed by atoms with Crippen molar-refractivity contribution >= 4 is 29.2 Å². The number of rotatable bonds is 5. The van der Waals surface area contributed by atoms with E-state index < -0.39 is 17.8 Å². The summed E-state index contributed by atoms with van der Waals surface area (Å²) in [4.78, 5) is 41.2. The van der Waals surface area contributed by atoms with Gasteiger partial charge in [-0.15, -0.1) is 11.3 Å². The van der Waals surface area contributed by atoms with Gasteiger partial charge in [0.1, 0.15) is 5.01 Å². The van der Waals surface area contributed by atoms with Crippen LogP contribution in [0.1, 0.15) is 41.8 Å². The summed E-state index contributed by atoms with van der Waals surface area (Å²) in [6, 6.07) is 3.74. The highest BCUT2D eigenvalue weighted by atomic mass is 32.1. The maximum atomic E-state index is 12.6. The quantitative estimate of drug-likeness (QED) is 0.832. The van der Waals surface area contributed by atoms with E-state index in [1.807, 2.05) is 12.3 Å². The number of esters is 1. The molecule has 8 heteroatoms. The molecule has 2 rings (SSSR count). The molecule has 1 amide bonds. The third kappa shape index (κ3) is 3.96. The molecule has 0 aliphatic carbocycles. The second-order valence-electron chi connectivity index (χ2n) is 5.14. The largest absolute Gasteiger partial charge is 0.478 e. The monoisotopic (exact) mass is 348 g/mol. The van der Waals surface area contributed by atoms with Crippen LogP contribution in [-0.4, -0.2) is 47.0 Å². The van der Waals surface area contributed by atoms with Crippen molar-refractivity contribution in [3.63, 3.8) is 0 Å². The van der Waals surface area contributed by atoms with Crippen LogP contribution in [0, 0.1) is 6.92 Å². The zero-order valence-electron chi connectivity index (χ0n) is 13.4. The molecule has 0 bridgehead atoms. The van der Waals surface area contributed by atoms with Gasteiger partial charge >= 0.3 is 11.9 Å². The van der Waals surface area contributed by atoms with Gasteiger partial charge in [0.05, 0.1) is 24.8 Å². The summed E-state index contributed by atoms with van der Waals surface area (Å²) >= 11 is 1.44. The zero-order valence-corrected chi connectivity index (χ0v) is 14.2. The Morgan fingerprint density at radius 3 is 2.38 bits per heavy atom. The first-order chi connectivity index (χ1) is 11.3. The Bertz CT molecular complexity index is 800. The molecular weight excluding hydrogens is 332 g/mol. The van der Waals surface area contributed by atoms with Gasteiger partial charge in [0.25, 0.3) is 5.91 Å². The number of thiazole rings is 1. The molecule has 1 aromatic heterocycles. The fourth-order valence-corrected chi connectivity index (χ4v) is 2.90. The van der Waals surface area contributed by atoms with E-state index in [4.69, 9.17) is 5.11 Å². The van der Waals surface area contributed by atoms with Gasteiger partial charge in [0.15, 0.2) is 0 Å². The second-order valence-corrected chi connectivity index (χ2v) is 6.08. The Balaban J connectivity index is 2.31. The standard InChI is InChI=1S/C16H16N2O5S/c1-9-8-24-13(17-9)7-18(2)14(19)10-4-11(15(20)21)6-12(5-10)16(22)23-3/h4-6,8H,7H2,1-3H3,(H,20,21). The molecule has 1 N–H and O–H groups in total. The number of nitrogens with zero attached hydrogens (tertiary/aromatic N) is 2. The third-order valence-electron chi connectivity index (χ3n) is 3.23. The average molecular weight is 348 g/mol. The summed E-state index contributed by atoms with van der Waals surface area (Å²) in [5, 5.41) is 11.8. The number of hydrogen-bond acceptors (Lipinski definition) is 6. The lowest BCUT2D eigenvalue weighted by molar-refractivity contribution is 0.0600. The van der Waals surface area contributed by atoms with Crippen molar-refractivity contribution in [1.29, 1.82) is 0 Å². The number of aryl methyl sites for hydroxylation is 1. The van der Waals surface area contributed by atoms with Gasteiger partial charge in [-0.1, -0.05) is 0 Å². The Hall–Kier alpha value is -2.74. The molecule has 0 spiro atoms. The fraction of sp³-hybridized carbons (Fsp3) is 0.250. The van der Waals surface area contributed by atoms with Crippen molar-refractivity contribution in [3.8, 4) is 0 Å². The molecule has 0 radical (unpaired) electrons. The van der Waals surface area contributed by atoms with Gasteiger partial charge in [0, 0.05) is 23.7 Å². The van der Waals surface area contributed by atoms with E-state index in [2.05, 4.69) is 9.72 Å². The smallest absolute Gasteiger partial charge is 0.337 e. The number of methoxy groups -OCH3 is 1. The maximum absolute atomic E-state index is 12.6. The topological polar surface area (TPSA) is 96.8 Å². The van der Waals surface area contributed by atoms with Crippen LogP contribution in [0.4, 0.5) is 0 Å². The molecule has 2 aromatic rings. The number of amides is 1. The predicted octanol–water partition coefficient (Wildman–Crippen LogP) is 2.21. The average Bonchev–Trinajstić information content (AvgIpc) is 2.97. The Kier molecular flexibility index (Phi) is 5.30. The third-order valence-corrected chi connectivity index (χ3v) is 4.19. The second kappa shape index (κ2) is 7.22. The normalized spacial score (nSPS) is 10.3. The number of hydrogen-bond donors (Lipinski definition) is 1. The number of benzene rings is 1. The molecule has 1 heterocycles. The lowest BCUT2D eigenvalue weighted by atomic mass is 10.0. The van der Waals surface area contributed by atoms with E-state index in [9.17, 15) is 14.4 Å². The zero-order chi connectivity index (χ0) is 17.9. The Morgan fingerprint density at radius 2 is 1.83 bits per heavy atom. The summed E-state index contributed by atoms with van der Waals surface area (Å²) < 4.78 is 4.60. The fourth-order valence-electron chi connectivity index (χ4n) is 2.08. The number of carbonyl (C=O) groups is 3. The minimum absolute atomic E-state index is 0.0132. The van der Waals surface area contributed by atoms with E-state index in [-0.39, 0.29) is 16.7 Å². The number of carbonyl (C=O) groups excluding carboxylic acids is 2. The van der Waals surface area contributed by atoms with Gasteiger partial charge in [-0.05, 0) is 25.1 Å². The van der Waals surface area contributed by atoms with Gasteiger partial charge in [0.2, 0.25) is 0 Å². The minimum Gasteiger partial charge on any atom is -0.478 e. The van der Waals surface area contributed by atoms with Crippen molar-refractivity contribution in [2.75, 3.05) is 14.2 Å². The molecule has 0 fully saturated rings. The maximum Gasteiger partial charge on any atom is 0.337 e. The lowest BCUT2D eigenvalue weighted by Gasteiger charge is -2.16. The predicted molar refractivity (Wildman–Crippen MR) is 87.4 cm³/mol. The van der Waals surface area contributed by atoms with Crippen molar-refractivity contribution in [2.45, 2.75) is 13.5 Å². The summed E-state index contributed by atoms with van der Waals surface area (Å²) in [6.07, 6.45) is 0. The van der Waals surface area contributed by atoms with E-state index in [0.29, 0.717) is 6.54 Å². The highest BCUT2D eigenvalue weighted by molar-refractivity contribution is 7.09. The van der Waals surface area contributed by atoms with Crippen LogP contribution in [0.3, 0.4) is 0 Å². The summed E-state index contributed by atoms with van der Waals surface area (Å²) in [5.74, 6) is -2.34. The molecule has 0 saturated heterocycles. The van der Waals surface area contributed by atoms with Gasteiger partial charge in [-0.2, -0.15) is 0 Å². The molecular formula is C16H16N2O5S. The van der Waals surface area contributed by atoms with E-state index >= 15 is 0 Å². The molecule has 1 aromatic carbocycles. The number of carboxylic acid groups (broad SMARTS) is 1. The SMILES string of the molecule is COC(=O)c1cc(C(=O)O)cc(C(=O)N(C)Cc2nc(C)cs2)c1. The van der Waals surface area contributed by atoms with Crippen molar-refractivity contribution < 1.29 is 24.2 Å². The van der Waals surface area contributed by atoms with E-state index in [1.165, 1.54) is 41.5 Å². The molecule has 126 valence electrons. The van der Waals surface area contributed by atoms with Crippen LogP contribution in [0.5, 0.6) is 0 Å². The highest BCUT2D eigenvalue weighted by Crippen LogP contribution is 2.16. The number of aromatic nitrogens is 1. The van der Waals surface area contributed by atoms with Crippen molar-refractivity contribution in [2.24, 2.45) is 0 Å². The van der Waals surface area contributed by atoms with Crippen molar-refractivity contribution in [3.05, 3.63) is 51.0 Å². The van der Waals surface area contributed by atoms with Gasteiger partial charge < -0.3 is 14.7 Å². The molecule has 0 atom stereocenters. The van der Waals surface area contributed by atoms with E-state index in [1.54, 1.807) is 7.05 Å². The van der Waals surface area contributed by atoms with Crippen molar-refractivity contribution in [1.82, 2.24) is 9.88 Å². The molecule has 24 heavy (non-hydrogen) atoms. The van der Waals surface area contributed by atoms with Crippen LogP contribution in [0.15, 0.2) is 23.6 Å². The summed E-state index contributed by atoms with van der Waals surface area (Å²) in [7, 11) is 2.78. The Labute approximate surface area is 142 Å². The van der Waals surface area contributed by atoms with Crippen LogP contribution in [0.25, 0.3) is 0 Å². The van der Waals surface area contributed by atoms with Gasteiger partial charge in [-0.25, -0.2) is 14.6 Å². The molecule has 0 aliphatic rings. The minimum atomic E-state index is -1.23. The van der Waals surface area contributed by atoms with Crippen LogP contribution in [0.2, 0.25) is 0 Å². The summed E-state index contributed by atoms with van der Waals surface area (Å²) in [6.45, 7) is 2.16. The van der Waals surface area contributed by atoms with E-state index in [0.717, 1.165) is 10.7 Å². The molecule has 0 unspecified atom stereocenters. The number of carboxylic acids is 1. The molecule has 7 nitrogen and oxygen atoms in total. The number of aromatic carboxylic acids is 1. The molecule has 0 aliphatic heterocycles. The highest BCUT2D eigenvalue weighted by Gasteiger charge is 2.19. The van der Waals surface area contributed by atoms with Crippen LogP contribution in [-0.2, 0) is 11.3 Å². The Morgan fingerprint density at radius 1 is 1.21 bits per heavy atom. The van der Waals surface area contributed by atoms with Crippen LogP contribution < -0.4 is 0 Å². The summed E-state index contributed by atoms with van der Waals surface area (Å²) in [5.41, 5.74) is 0.835. The lowest BCUT2D eigenvalue weighted by Crippen LogP contribution is -2.26. The molecule has 0 saturated carbocycles. The first-order valence-corrected chi connectivity index (χ1v) is 7.83. The van der Waals surface area contributed by atoms with Crippen LogP contribution >= 0.6 is 11.3 Å².